The first-order chi connectivity index (χ1) is 23.3. The monoisotopic (exact) mass is 685 g/mol. The highest BCUT2D eigenvalue weighted by atomic mass is 19.4. The molecule has 4 atom stereocenters. The molecule has 3 amide bonds. The fourth-order valence-electron chi connectivity index (χ4n) is 7.28. The first kappa shape index (κ1) is 36.3. The van der Waals surface area contributed by atoms with Gasteiger partial charge in [-0.3, -0.25) is 24.2 Å². The lowest BCUT2D eigenvalue weighted by molar-refractivity contribution is -0.190. The highest BCUT2D eigenvalue weighted by molar-refractivity contribution is 6.34. The lowest BCUT2D eigenvalue weighted by Gasteiger charge is -2.50. The van der Waals surface area contributed by atoms with Crippen molar-refractivity contribution in [2.45, 2.75) is 94.8 Å². The lowest BCUT2D eigenvalue weighted by atomic mass is 9.88. The number of rotatable bonds is 5. The Labute approximate surface area is 285 Å². The van der Waals surface area contributed by atoms with Gasteiger partial charge in [0.25, 0.3) is 0 Å². The van der Waals surface area contributed by atoms with Crippen molar-refractivity contribution in [1.82, 2.24) is 19.6 Å². The van der Waals surface area contributed by atoms with Crippen LogP contribution in [-0.4, -0.2) is 106 Å². The van der Waals surface area contributed by atoms with E-state index in [0.717, 1.165) is 30.5 Å². The van der Waals surface area contributed by atoms with E-state index in [4.69, 9.17) is 5.73 Å². The summed E-state index contributed by atoms with van der Waals surface area (Å²) in [6, 6.07) is 20.0. The number of carbonyl (C=O) groups excluding carboxylic acids is 4. The molecule has 2 aromatic rings. The maximum absolute atomic E-state index is 12.6. The van der Waals surface area contributed by atoms with Gasteiger partial charge in [-0.05, 0) is 50.7 Å². The number of carbonyl (C=O) groups is 4. The number of nitrogens with two attached hydrogens (primary N) is 1. The van der Waals surface area contributed by atoms with Crippen molar-refractivity contribution < 1.29 is 37.1 Å². The summed E-state index contributed by atoms with van der Waals surface area (Å²) in [7, 11) is 0. The van der Waals surface area contributed by atoms with E-state index < -0.39 is 42.5 Å². The van der Waals surface area contributed by atoms with E-state index >= 15 is 0 Å². The van der Waals surface area contributed by atoms with Gasteiger partial charge in [0.2, 0.25) is 0 Å². The van der Waals surface area contributed by atoms with Crippen LogP contribution in [0.15, 0.2) is 60.7 Å². The van der Waals surface area contributed by atoms with Crippen molar-refractivity contribution in [3.05, 3.63) is 71.8 Å². The molecule has 2 aromatic carbocycles. The molecule has 2 N–H and O–H groups in total. The van der Waals surface area contributed by atoms with E-state index in [2.05, 4.69) is 21.5 Å². The van der Waals surface area contributed by atoms with Crippen molar-refractivity contribution >= 4 is 23.7 Å². The fraction of sp³-hybridized carbons (Fsp3) is 0.556. The third-order valence-electron chi connectivity index (χ3n) is 10.3. The van der Waals surface area contributed by atoms with E-state index in [-0.39, 0.29) is 24.7 Å². The van der Waals surface area contributed by atoms with E-state index in [1.807, 2.05) is 67.6 Å². The minimum Gasteiger partial charge on any atom is -0.449 e. The molecular formula is C36H46F3N5O5. The number of esters is 1. The topological polar surface area (TPSA) is 116 Å². The molecule has 4 fully saturated rings. The SMILES string of the molecule is CC1CN(C(=O)C(=O)OCC(F)(F)F)C(c2ccccc2)CN1C1CCC1.CC1CN(C(=O)C(N)=O)C(c2ccccc2)CN1C1CCC1. The van der Waals surface area contributed by atoms with Crippen LogP contribution in [0.25, 0.3) is 0 Å². The van der Waals surface area contributed by atoms with Crippen LogP contribution in [0.5, 0.6) is 0 Å². The summed E-state index contributed by atoms with van der Waals surface area (Å²) in [4.78, 5) is 55.9. The van der Waals surface area contributed by atoms with Crippen molar-refractivity contribution in [3.8, 4) is 0 Å². The highest BCUT2D eigenvalue weighted by Gasteiger charge is 2.43. The summed E-state index contributed by atoms with van der Waals surface area (Å²) < 4.78 is 41.1. The van der Waals surface area contributed by atoms with Gasteiger partial charge in [0.15, 0.2) is 6.61 Å². The standard InChI is InChI=1S/C19H23F3N2O3.C17H23N3O2/c1-13-10-24(17(25)18(26)27-12-19(20,21)22)16(14-6-3-2-4-7-14)11-23(13)15-8-5-9-15;1-12-10-20(17(22)16(18)21)15(13-6-3-2-4-7-13)11-19(12)14-8-5-9-14/h2-4,6-7,13,15-16H,5,8-12H2,1H3;2-4,6-7,12,14-15H,5,8-11H2,1H3,(H2,18,21). The summed E-state index contributed by atoms with van der Waals surface area (Å²) in [5.41, 5.74) is 7.16. The minimum atomic E-state index is -4.66. The number of halogens is 3. The lowest BCUT2D eigenvalue weighted by Crippen LogP contribution is -2.60. The van der Waals surface area contributed by atoms with Gasteiger partial charge in [-0.15, -0.1) is 0 Å². The molecule has 0 bridgehead atoms. The quantitative estimate of drug-likeness (QED) is 0.370. The molecule has 10 nitrogen and oxygen atoms in total. The van der Waals surface area contributed by atoms with Gasteiger partial charge in [0, 0.05) is 50.3 Å². The number of benzene rings is 2. The largest absolute Gasteiger partial charge is 0.449 e. The van der Waals surface area contributed by atoms with Crippen molar-refractivity contribution in [2.75, 3.05) is 32.8 Å². The minimum absolute atomic E-state index is 0.0228. The summed E-state index contributed by atoms with van der Waals surface area (Å²) in [5, 5.41) is 0. The number of ether oxygens (including phenoxy) is 1. The first-order valence-corrected chi connectivity index (χ1v) is 17.1. The number of primary amides is 1. The third kappa shape index (κ3) is 8.80. The van der Waals surface area contributed by atoms with Crippen LogP contribution in [0.1, 0.15) is 75.6 Å². The van der Waals surface area contributed by atoms with Crippen LogP contribution in [0, 0.1) is 0 Å². The molecular weight excluding hydrogens is 639 g/mol. The van der Waals surface area contributed by atoms with Gasteiger partial charge >= 0.3 is 29.9 Å². The molecule has 0 radical (unpaired) electrons. The summed E-state index contributed by atoms with van der Waals surface area (Å²) in [6.07, 6.45) is 2.47. The van der Waals surface area contributed by atoms with Gasteiger partial charge in [0.05, 0.1) is 12.1 Å². The number of alkyl halides is 3. The predicted octanol–water partition coefficient (Wildman–Crippen LogP) is 4.22. The number of nitrogens with zero attached hydrogens (tertiary/aromatic N) is 4. The summed E-state index contributed by atoms with van der Waals surface area (Å²) >= 11 is 0. The van der Waals surface area contributed by atoms with Gasteiger partial charge < -0.3 is 20.3 Å². The average Bonchev–Trinajstić information content (AvgIpc) is 3.03. The molecule has 0 aromatic heterocycles. The van der Waals surface area contributed by atoms with Crippen LogP contribution >= 0.6 is 0 Å². The highest BCUT2D eigenvalue weighted by Crippen LogP contribution is 2.36. The Morgan fingerprint density at radius 3 is 1.45 bits per heavy atom. The Kier molecular flexibility index (Phi) is 11.6. The smallest absolute Gasteiger partial charge is 0.422 e. The maximum atomic E-state index is 12.6. The van der Waals surface area contributed by atoms with E-state index in [1.165, 1.54) is 30.6 Å². The number of amides is 3. The van der Waals surface area contributed by atoms with Gasteiger partial charge in [-0.1, -0.05) is 73.5 Å². The van der Waals surface area contributed by atoms with Crippen molar-refractivity contribution in [2.24, 2.45) is 5.73 Å². The Morgan fingerprint density at radius 1 is 0.694 bits per heavy atom. The van der Waals surface area contributed by atoms with E-state index in [1.54, 1.807) is 4.90 Å². The van der Waals surface area contributed by atoms with Crippen molar-refractivity contribution in [3.63, 3.8) is 0 Å². The van der Waals surface area contributed by atoms with Gasteiger partial charge in [-0.25, -0.2) is 4.79 Å². The summed E-state index contributed by atoms with van der Waals surface area (Å²) in [6.45, 7) is 4.49. The van der Waals surface area contributed by atoms with E-state index in [9.17, 15) is 32.3 Å². The molecule has 2 aliphatic heterocycles. The van der Waals surface area contributed by atoms with Gasteiger partial charge in [-0.2, -0.15) is 13.2 Å². The number of hydrogen-bond donors (Lipinski definition) is 1. The predicted molar refractivity (Wildman–Crippen MR) is 176 cm³/mol. The number of hydrogen-bond acceptors (Lipinski definition) is 7. The molecule has 4 aliphatic rings. The molecule has 266 valence electrons. The third-order valence-corrected chi connectivity index (χ3v) is 10.3. The molecule has 49 heavy (non-hydrogen) atoms. The van der Waals surface area contributed by atoms with Crippen LogP contribution in [0.3, 0.4) is 0 Å². The second kappa shape index (κ2) is 15.7. The average molecular weight is 686 g/mol. The Bertz CT molecular complexity index is 1450. The number of piperazine rings is 2. The zero-order valence-corrected chi connectivity index (χ0v) is 28.1. The second-order valence-electron chi connectivity index (χ2n) is 13.6. The second-order valence-corrected chi connectivity index (χ2v) is 13.6. The van der Waals surface area contributed by atoms with Gasteiger partial charge in [0.1, 0.15) is 0 Å². The van der Waals surface area contributed by atoms with Crippen LogP contribution in [0.2, 0.25) is 0 Å². The van der Waals surface area contributed by atoms with Crippen LogP contribution < -0.4 is 5.73 Å². The molecule has 6 rings (SSSR count). The Balaban J connectivity index is 0.000000195. The molecule has 13 heteroatoms. The molecule has 4 unspecified atom stereocenters. The van der Waals surface area contributed by atoms with E-state index in [0.29, 0.717) is 25.2 Å². The van der Waals surface area contributed by atoms with Crippen LogP contribution in [-0.2, 0) is 23.9 Å². The normalized spacial score (nSPS) is 25.3. The molecule has 2 saturated carbocycles. The molecule has 2 aliphatic carbocycles. The molecule has 2 saturated heterocycles. The Hall–Kier alpha value is -3.97. The zero-order valence-electron chi connectivity index (χ0n) is 28.1. The van der Waals surface area contributed by atoms with Crippen molar-refractivity contribution in [1.29, 1.82) is 0 Å². The van der Waals surface area contributed by atoms with Crippen LogP contribution in [0.4, 0.5) is 13.2 Å². The maximum Gasteiger partial charge on any atom is 0.422 e. The fourth-order valence-corrected chi connectivity index (χ4v) is 7.28. The zero-order chi connectivity index (χ0) is 35.3. The molecule has 0 spiro atoms. The summed E-state index contributed by atoms with van der Waals surface area (Å²) in [5.74, 6) is -3.93. The molecule has 2 heterocycles. The first-order valence-electron chi connectivity index (χ1n) is 17.1. The Morgan fingerprint density at radius 2 is 1.10 bits per heavy atom.